The summed E-state index contributed by atoms with van der Waals surface area (Å²) in [4.78, 5) is 15.6. The number of phenols is 1. The Hall–Kier alpha value is -1.75. The summed E-state index contributed by atoms with van der Waals surface area (Å²) in [7, 11) is 0. The molecule has 1 aliphatic heterocycles. The molecule has 1 aromatic rings. The zero-order chi connectivity index (χ0) is 11.5. The molecule has 0 unspecified atom stereocenters. The van der Waals surface area contributed by atoms with Crippen LogP contribution in [0.1, 0.15) is 5.56 Å². The van der Waals surface area contributed by atoms with Crippen LogP contribution in [0.4, 0.5) is 0 Å². The van der Waals surface area contributed by atoms with Gasteiger partial charge in [0.15, 0.2) is 5.17 Å². The van der Waals surface area contributed by atoms with Crippen molar-refractivity contribution >= 4 is 28.9 Å². The van der Waals surface area contributed by atoms with Crippen LogP contribution in [0.3, 0.4) is 0 Å². The van der Waals surface area contributed by atoms with Crippen LogP contribution in [-0.2, 0) is 4.79 Å². The van der Waals surface area contributed by atoms with Crippen LogP contribution in [0.15, 0.2) is 35.0 Å². The Kier molecular flexibility index (Phi) is 2.96. The van der Waals surface area contributed by atoms with Crippen molar-refractivity contribution in [2.24, 2.45) is 4.99 Å². The normalized spacial score (nSPS) is 17.4. The average molecular weight is 234 g/mol. The van der Waals surface area contributed by atoms with E-state index in [0.29, 0.717) is 16.4 Å². The highest BCUT2D eigenvalue weighted by Crippen LogP contribution is 2.21. The van der Waals surface area contributed by atoms with E-state index in [9.17, 15) is 9.90 Å². The molecule has 16 heavy (non-hydrogen) atoms. The van der Waals surface area contributed by atoms with E-state index in [-0.39, 0.29) is 11.7 Å². The van der Waals surface area contributed by atoms with Crippen molar-refractivity contribution in [3.05, 3.63) is 35.5 Å². The minimum atomic E-state index is -0.243. The molecular weight excluding hydrogens is 224 g/mol. The molecule has 0 atom stereocenters. The number of phenolic OH excluding ortho intramolecular Hbond substituents is 1. The lowest BCUT2D eigenvalue weighted by molar-refractivity contribution is -0.115. The van der Waals surface area contributed by atoms with Crippen molar-refractivity contribution in [3.63, 3.8) is 0 Å². The molecule has 1 aromatic carbocycles. The van der Waals surface area contributed by atoms with E-state index in [2.05, 4.69) is 10.3 Å². The maximum Gasteiger partial charge on any atom is 0.275 e. The van der Waals surface area contributed by atoms with E-state index >= 15 is 0 Å². The Morgan fingerprint density at radius 2 is 2.19 bits per heavy atom. The number of thioether (sulfide) groups is 1. The lowest BCUT2D eigenvalue weighted by atomic mass is 10.1. The van der Waals surface area contributed by atoms with Crippen molar-refractivity contribution in [1.82, 2.24) is 5.32 Å². The van der Waals surface area contributed by atoms with E-state index in [1.807, 2.05) is 6.26 Å². The predicted molar refractivity (Wildman–Crippen MR) is 65.2 cm³/mol. The number of aliphatic imine (C=N–C) groups is 1. The van der Waals surface area contributed by atoms with Crippen LogP contribution in [0.2, 0.25) is 0 Å². The van der Waals surface area contributed by atoms with Gasteiger partial charge in [0.2, 0.25) is 0 Å². The topological polar surface area (TPSA) is 61.7 Å². The van der Waals surface area contributed by atoms with Gasteiger partial charge in [-0.2, -0.15) is 0 Å². The molecule has 4 nitrogen and oxygen atoms in total. The number of nitrogens with zero attached hydrogens (tertiary/aromatic N) is 1. The van der Waals surface area contributed by atoms with Crippen LogP contribution in [0, 0.1) is 0 Å². The summed E-state index contributed by atoms with van der Waals surface area (Å²) in [6, 6.07) is 6.81. The van der Waals surface area contributed by atoms with E-state index in [4.69, 9.17) is 0 Å². The molecule has 1 amide bonds. The molecule has 0 aromatic heterocycles. The highest BCUT2D eigenvalue weighted by atomic mass is 32.2. The summed E-state index contributed by atoms with van der Waals surface area (Å²) >= 11 is 1.37. The van der Waals surface area contributed by atoms with Crippen molar-refractivity contribution in [2.75, 3.05) is 6.26 Å². The maximum atomic E-state index is 11.5. The summed E-state index contributed by atoms with van der Waals surface area (Å²) < 4.78 is 0. The summed E-state index contributed by atoms with van der Waals surface area (Å²) in [5.41, 5.74) is 0.893. The van der Waals surface area contributed by atoms with Gasteiger partial charge >= 0.3 is 0 Å². The monoisotopic (exact) mass is 234 g/mol. The Labute approximate surface area is 97.1 Å². The third-order valence-electron chi connectivity index (χ3n) is 2.10. The molecule has 0 saturated heterocycles. The maximum absolute atomic E-state index is 11.5. The minimum Gasteiger partial charge on any atom is -0.507 e. The van der Waals surface area contributed by atoms with Gasteiger partial charge in [0, 0.05) is 5.56 Å². The first-order valence-electron chi connectivity index (χ1n) is 4.64. The van der Waals surface area contributed by atoms with E-state index in [1.165, 1.54) is 11.8 Å². The summed E-state index contributed by atoms with van der Waals surface area (Å²) in [6.07, 6.45) is 3.40. The Morgan fingerprint density at radius 3 is 2.81 bits per heavy atom. The first kappa shape index (κ1) is 10.8. The number of rotatable bonds is 1. The van der Waals surface area contributed by atoms with Crippen LogP contribution in [-0.4, -0.2) is 22.4 Å². The number of carbonyl (C=O) groups excluding carboxylic acids is 1. The molecule has 1 aliphatic rings. The molecule has 0 fully saturated rings. The fourth-order valence-corrected chi connectivity index (χ4v) is 1.69. The largest absolute Gasteiger partial charge is 0.507 e. The molecule has 5 heteroatoms. The number of carbonyl (C=O) groups is 1. The van der Waals surface area contributed by atoms with Crippen LogP contribution in [0.5, 0.6) is 5.75 Å². The van der Waals surface area contributed by atoms with Crippen molar-refractivity contribution in [2.45, 2.75) is 0 Å². The number of nitrogens with one attached hydrogen (secondary N) is 1. The van der Waals surface area contributed by atoms with Gasteiger partial charge in [0.25, 0.3) is 5.91 Å². The first-order chi connectivity index (χ1) is 7.70. The summed E-state index contributed by atoms with van der Waals surface area (Å²) in [5, 5.41) is 12.7. The summed E-state index contributed by atoms with van der Waals surface area (Å²) in [5.74, 6) is -0.108. The third-order valence-corrected chi connectivity index (χ3v) is 2.68. The predicted octanol–water partition coefficient (Wildman–Crippen LogP) is 1.58. The smallest absolute Gasteiger partial charge is 0.275 e. The van der Waals surface area contributed by atoms with Crippen molar-refractivity contribution in [1.29, 1.82) is 0 Å². The SMILES string of the molecule is CSC1=N/C(=C\c2ccccc2O)C(=O)N1. The van der Waals surface area contributed by atoms with Gasteiger partial charge in [0.1, 0.15) is 11.4 Å². The lowest BCUT2D eigenvalue weighted by Crippen LogP contribution is -2.21. The fraction of sp³-hybridized carbons (Fsp3) is 0.0909. The van der Waals surface area contributed by atoms with E-state index < -0.39 is 0 Å². The second-order valence-electron chi connectivity index (χ2n) is 3.16. The molecule has 2 rings (SSSR count). The molecule has 0 bridgehead atoms. The number of hydrogen-bond donors (Lipinski definition) is 2. The van der Waals surface area contributed by atoms with Crippen LogP contribution in [0.25, 0.3) is 6.08 Å². The second-order valence-corrected chi connectivity index (χ2v) is 3.96. The molecular formula is C11H10N2O2S. The second kappa shape index (κ2) is 4.40. The number of para-hydroxylation sites is 1. The zero-order valence-electron chi connectivity index (χ0n) is 8.60. The van der Waals surface area contributed by atoms with Crippen LogP contribution >= 0.6 is 11.8 Å². The van der Waals surface area contributed by atoms with Gasteiger partial charge in [-0.05, 0) is 18.4 Å². The van der Waals surface area contributed by atoms with Crippen molar-refractivity contribution < 1.29 is 9.90 Å². The molecule has 0 aliphatic carbocycles. The van der Waals surface area contributed by atoms with Crippen molar-refractivity contribution in [3.8, 4) is 5.75 Å². The summed E-state index contributed by atoms with van der Waals surface area (Å²) in [6.45, 7) is 0. The lowest BCUT2D eigenvalue weighted by Gasteiger charge is -1.97. The Bertz CT molecular complexity index is 495. The number of amides is 1. The Balaban J connectivity index is 2.35. The fourth-order valence-electron chi connectivity index (χ4n) is 1.30. The number of hydrogen-bond acceptors (Lipinski definition) is 4. The minimum absolute atomic E-state index is 0.135. The Morgan fingerprint density at radius 1 is 1.44 bits per heavy atom. The highest BCUT2D eigenvalue weighted by Gasteiger charge is 2.19. The average Bonchev–Trinajstić information content (AvgIpc) is 2.63. The molecule has 82 valence electrons. The molecule has 0 radical (unpaired) electrons. The zero-order valence-corrected chi connectivity index (χ0v) is 9.41. The van der Waals surface area contributed by atoms with E-state index in [1.54, 1.807) is 30.3 Å². The van der Waals surface area contributed by atoms with Gasteiger partial charge in [-0.25, -0.2) is 4.99 Å². The van der Waals surface area contributed by atoms with Crippen LogP contribution < -0.4 is 5.32 Å². The molecule has 0 saturated carbocycles. The van der Waals surface area contributed by atoms with Gasteiger partial charge in [-0.1, -0.05) is 30.0 Å². The van der Waals surface area contributed by atoms with E-state index in [0.717, 1.165) is 0 Å². The highest BCUT2D eigenvalue weighted by molar-refractivity contribution is 8.13. The van der Waals surface area contributed by atoms with Gasteiger partial charge in [-0.3, -0.25) is 10.1 Å². The number of amidine groups is 1. The number of benzene rings is 1. The molecule has 1 heterocycles. The van der Waals surface area contributed by atoms with Gasteiger partial charge in [0.05, 0.1) is 0 Å². The van der Waals surface area contributed by atoms with Gasteiger partial charge in [-0.15, -0.1) is 0 Å². The van der Waals surface area contributed by atoms with Gasteiger partial charge < -0.3 is 5.11 Å². The standard InChI is InChI=1S/C11H10N2O2S/c1-16-11-12-8(10(15)13-11)6-7-4-2-3-5-9(7)14/h2-6,14H,1H3,(H,12,13,15)/b8-6-. The molecule has 0 spiro atoms. The third kappa shape index (κ3) is 2.09. The quantitative estimate of drug-likeness (QED) is 0.725. The molecule has 2 N–H and O–H groups in total. The first-order valence-corrected chi connectivity index (χ1v) is 5.87. The number of aromatic hydroxyl groups is 1.